The second kappa shape index (κ2) is 7.33. The highest BCUT2D eigenvalue weighted by molar-refractivity contribution is 5.99. The maximum Gasteiger partial charge on any atom is 0.256 e. The topological polar surface area (TPSA) is 78.3 Å². The number of carbonyl (C=O) groups excluding carboxylic acids is 1. The van der Waals surface area contributed by atoms with Gasteiger partial charge in [-0.05, 0) is 37.1 Å². The molecular weight excluding hydrogens is 364 g/mol. The van der Waals surface area contributed by atoms with Crippen molar-refractivity contribution in [3.05, 3.63) is 65.7 Å². The smallest absolute Gasteiger partial charge is 0.256 e. The van der Waals surface area contributed by atoms with E-state index in [1.807, 2.05) is 10.6 Å². The van der Waals surface area contributed by atoms with Crippen molar-refractivity contribution >= 4 is 22.5 Å². The normalized spacial score (nSPS) is 17.8. The Kier molecular flexibility index (Phi) is 4.52. The zero-order valence-electron chi connectivity index (χ0n) is 16.4. The molecule has 3 aromatic heterocycles. The molecular formula is C22H24N6O. The van der Waals surface area contributed by atoms with Crippen molar-refractivity contribution in [2.75, 3.05) is 20.1 Å². The first-order valence-corrected chi connectivity index (χ1v) is 10.1. The number of fused-ring (bicyclic) bond motifs is 2. The first-order valence-electron chi connectivity index (χ1n) is 10.1. The summed E-state index contributed by atoms with van der Waals surface area (Å²) in [5, 5.41) is 8.43. The van der Waals surface area contributed by atoms with E-state index >= 15 is 0 Å². The van der Waals surface area contributed by atoms with Gasteiger partial charge in [0.2, 0.25) is 0 Å². The van der Waals surface area contributed by atoms with Crippen molar-refractivity contribution in [1.82, 2.24) is 29.8 Å². The van der Waals surface area contributed by atoms with Gasteiger partial charge in [0.05, 0.1) is 11.9 Å². The fourth-order valence-corrected chi connectivity index (χ4v) is 4.46. The fraction of sp³-hybridized carbons (Fsp3) is 0.318. The lowest BCUT2D eigenvalue weighted by Crippen LogP contribution is -2.34. The summed E-state index contributed by atoms with van der Waals surface area (Å²) in [6.45, 7) is 2.98. The molecule has 0 radical (unpaired) electrons. The molecule has 0 bridgehead atoms. The van der Waals surface area contributed by atoms with Gasteiger partial charge in [-0.15, -0.1) is 0 Å². The molecule has 1 amide bonds. The van der Waals surface area contributed by atoms with E-state index in [0.29, 0.717) is 17.1 Å². The number of nitrogens with zero attached hydrogens (tertiary/aromatic N) is 4. The first-order chi connectivity index (χ1) is 14.2. The third-order valence-electron chi connectivity index (χ3n) is 5.89. The van der Waals surface area contributed by atoms with Crippen molar-refractivity contribution in [3.8, 4) is 0 Å². The van der Waals surface area contributed by atoms with Gasteiger partial charge in [-0.1, -0.05) is 18.2 Å². The number of carbonyl (C=O) groups is 1. The summed E-state index contributed by atoms with van der Waals surface area (Å²) in [4.78, 5) is 22.4. The zero-order valence-corrected chi connectivity index (χ0v) is 16.4. The van der Waals surface area contributed by atoms with Crippen molar-refractivity contribution in [2.45, 2.75) is 25.3 Å². The Hall–Kier alpha value is -3.19. The standard InChI is InChI=1S/C22H24N6O/c1-23-22(29)18-12-26-28-20(8-9-24-21(18)28)15-5-4-10-27(13-15)14-16-11-25-19-7-3-2-6-17(16)19/h2-3,6-9,11-12,15,25H,4-5,10,13-14H2,1H3,(H,23,29)/t15-/m1/s1. The Bertz CT molecular complexity index is 1180. The summed E-state index contributed by atoms with van der Waals surface area (Å²) >= 11 is 0. The molecule has 1 saturated heterocycles. The van der Waals surface area contributed by atoms with Crippen LogP contribution in [0.15, 0.2) is 48.9 Å². The van der Waals surface area contributed by atoms with E-state index in [0.717, 1.165) is 38.2 Å². The van der Waals surface area contributed by atoms with Crippen molar-refractivity contribution < 1.29 is 4.79 Å². The number of aromatic amines is 1. The molecule has 1 aromatic carbocycles. The average molecular weight is 388 g/mol. The molecule has 148 valence electrons. The molecule has 2 N–H and O–H groups in total. The van der Waals surface area contributed by atoms with Crippen molar-refractivity contribution in [1.29, 1.82) is 0 Å². The van der Waals surface area contributed by atoms with Crippen LogP contribution in [0.4, 0.5) is 0 Å². The average Bonchev–Trinajstić information content (AvgIpc) is 3.38. The van der Waals surface area contributed by atoms with Crippen LogP contribution >= 0.6 is 0 Å². The van der Waals surface area contributed by atoms with Crippen LogP contribution in [-0.2, 0) is 6.54 Å². The van der Waals surface area contributed by atoms with Crippen LogP contribution in [0.1, 0.15) is 40.4 Å². The van der Waals surface area contributed by atoms with Crippen LogP contribution in [0.5, 0.6) is 0 Å². The number of para-hydroxylation sites is 1. The molecule has 0 spiro atoms. The second-order valence-electron chi connectivity index (χ2n) is 7.68. The minimum Gasteiger partial charge on any atom is -0.361 e. The molecule has 7 heteroatoms. The largest absolute Gasteiger partial charge is 0.361 e. The van der Waals surface area contributed by atoms with Gasteiger partial charge >= 0.3 is 0 Å². The van der Waals surface area contributed by atoms with Gasteiger partial charge < -0.3 is 10.3 Å². The molecule has 7 nitrogen and oxygen atoms in total. The number of rotatable bonds is 4. The molecule has 1 aliphatic rings. The minimum atomic E-state index is -0.158. The van der Waals surface area contributed by atoms with Crippen LogP contribution in [0.25, 0.3) is 16.6 Å². The Labute approximate surface area is 168 Å². The van der Waals surface area contributed by atoms with E-state index < -0.39 is 0 Å². The van der Waals surface area contributed by atoms with Crippen LogP contribution in [0.2, 0.25) is 0 Å². The van der Waals surface area contributed by atoms with Crippen LogP contribution in [0, 0.1) is 0 Å². The second-order valence-corrected chi connectivity index (χ2v) is 7.68. The molecule has 0 saturated carbocycles. The van der Waals surface area contributed by atoms with E-state index in [-0.39, 0.29) is 5.91 Å². The highest BCUT2D eigenvalue weighted by Crippen LogP contribution is 2.29. The number of amides is 1. The number of nitrogens with one attached hydrogen (secondary N) is 2. The summed E-state index contributed by atoms with van der Waals surface area (Å²) < 4.78 is 1.84. The van der Waals surface area contributed by atoms with Crippen LogP contribution in [-0.4, -0.2) is 50.5 Å². The highest BCUT2D eigenvalue weighted by Gasteiger charge is 2.25. The number of aromatic nitrogens is 4. The van der Waals surface area contributed by atoms with Crippen LogP contribution in [0.3, 0.4) is 0 Å². The van der Waals surface area contributed by atoms with Crippen LogP contribution < -0.4 is 5.32 Å². The van der Waals surface area contributed by atoms with Crippen molar-refractivity contribution in [2.24, 2.45) is 0 Å². The molecule has 4 heterocycles. The number of hydrogen-bond donors (Lipinski definition) is 2. The summed E-state index contributed by atoms with van der Waals surface area (Å²) in [5.74, 6) is 0.200. The Morgan fingerprint density at radius 2 is 2.21 bits per heavy atom. The number of benzene rings is 1. The van der Waals surface area contributed by atoms with Gasteiger partial charge in [-0.2, -0.15) is 5.10 Å². The SMILES string of the molecule is CNC(=O)c1cnn2c([C@@H]3CCCN(Cc4c[nH]c5ccccc45)C3)ccnc12. The van der Waals surface area contributed by atoms with E-state index in [4.69, 9.17) is 0 Å². The molecule has 1 atom stereocenters. The Balaban J connectivity index is 1.41. The van der Waals surface area contributed by atoms with Crippen molar-refractivity contribution in [3.63, 3.8) is 0 Å². The quantitative estimate of drug-likeness (QED) is 0.563. The maximum atomic E-state index is 12.1. The first kappa shape index (κ1) is 17.9. The Morgan fingerprint density at radius 1 is 1.31 bits per heavy atom. The van der Waals surface area contributed by atoms with Gasteiger partial charge in [0.15, 0.2) is 5.65 Å². The molecule has 4 aromatic rings. The fourth-order valence-electron chi connectivity index (χ4n) is 4.46. The van der Waals surface area contributed by atoms with E-state index in [2.05, 4.69) is 55.7 Å². The number of hydrogen-bond acceptors (Lipinski definition) is 4. The summed E-state index contributed by atoms with van der Waals surface area (Å²) in [5.41, 5.74) is 4.78. The van der Waals surface area contributed by atoms with Gasteiger partial charge in [-0.3, -0.25) is 9.69 Å². The summed E-state index contributed by atoms with van der Waals surface area (Å²) in [6.07, 6.45) is 7.77. The Morgan fingerprint density at radius 3 is 3.10 bits per heavy atom. The minimum absolute atomic E-state index is 0.158. The van der Waals surface area contributed by atoms with Gasteiger partial charge in [0.1, 0.15) is 5.56 Å². The monoisotopic (exact) mass is 388 g/mol. The third kappa shape index (κ3) is 3.17. The lowest BCUT2D eigenvalue weighted by atomic mass is 9.94. The molecule has 5 rings (SSSR count). The molecule has 29 heavy (non-hydrogen) atoms. The zero-order chi connectivity index (χ0) is 19.8. The van der Waals surface area contributed by atoms with E-state index in [1.165, 1.54) is 16.5 Å². The number of likely N-dealkylation sites (tertiary alicyclic amines) is 1. The summed E-state index contributed by atoms with van der Waals surface area (Å²) in [6, 6.07) is 10.5. The molecule has 0 unspecified atom stereocenters. The lowest BCUT2D eigenvalue weighted by molar-refractivity contribution is 0.0964. The predicted molar refractivity (Wildman–Crippen MR) is 112 cm³/mol. The third-order valence-corrected chi connectivity index (χ3v) is 5.89. The maximum absolute atomic E-state index is 12.1. The van der Waals surface area contributed by atoms with Gasteiger partial charge in [0.25, 0.3) is 5.91 Å². The van der Waals surface area contributed by atoms with E-state index in [1.54, 1.807) is 19.4 Å². The number of piperidine rings is 1. The lowest BCUT2D eigenvalue weighted by Gasteiger charge is -2.32. The molecule has 1 aliphatic heterocycles. The van der Waals surface area contributed by atoms with E-state index in [9.17, 15) is 4.79 Å². The predicted octanol–water partition coefficient (Wildman–Crippen LogP) is 2.95. The number of H-pyrrole nitrogens is 1. The molecule has 0 aliphatic carbocycles. The molecule has 1 fully saturated rings. The van der Waals surface area contributed by atoms with Gasteiger partial charge in [0, 0.05) is 49.4 Å². The highest BCUT2D eigenvalue weighted by atomic mass is 16.1. The summed E-state index contributed by atoms with van der Waals surface area (Å²) in [7, 11) is 1.62. The van der Waals surface area contributed by atoms with Gasteiger partial charge in [-0.25, -0.2) is 9.50 Å².